The Balaban J connectivity index is 1.38. The molecule has 0 bridgehead atoms. The number of anilines is 1. The Morgan fingerprint density at radius 3 is 2.71 bits per heavy atom. The standard InChI is InChI=1S/C29H37N5O5S2/c1-7-39-27(37)24-20-12-11-18(29(2,3)4)14-21(20)41-26(24)31-23(35)16-40-28-33-32-22(34(28)5)15-30-25(36)17-9-8-10-19(13-17)38-6/h8-10,13,18H,7,11-12,14-16H2,1-6H3,(H,30,36)(H,31,35). The summed E-state index contributed by atoms with van der Waals surface area (Å²) in [6.07, 6.45) is 2.68. The Bertz CT molecular complexity index is 1430. The molecular weight excluding hydrogens is 562 g/mol. The lowest BCUT2D eigenvalue weighted by molar-refractivity contribution is -0.113. The summed E-state index contributed by atoms with van der Waals surface area (Å²) in [6, 6.07) is 6.88. The molecule has 2 heterocycles. The Morgan fingerprint density at radius 1 is 1.22 bits per heavy atom. The number of benzene rings is 1. The van der Waals surface area contributed by atoms with Gasteiger partial charge in [-0.3, -0.25) is 9.59 Å². The molecule has 1 aliphatic rings. The molecule has 4 rings (SSSR count). The zero-order chi connectivity index (χ0) is 29.7. The van der Waals surface area contributed by atoms with E-state index in [2.05, 4.69) is 41.6 Å². The van der Waals surface area contributed by atoms with Crippen LogP contribution in [0.25, 0.3) is 0 Å². The fourth-order valence-electron chi connectivity index (χ4n) is 4.78. The highest BCUT2D eigenvalue weighted by Crippen LogP contribution is 2.44. The van der Waals surface area contributed by atoms with Gasteiger partial charge in [0.05, 0.1) is 31.6 Å². The first-order valence-corrected chi connectivity index (χ1v) is 15.4. The molecule has 220 valence electrons. The number of nitrogens with one attached hydrogen (secondary N) is 2. The summed E-state index contributed by atoms with van der Waals surface area (Å²) in [7, 11) is 3.33. The minimum atomic E-state index is -0.393. The summed E-state index contributed by atoms with van der Waals surface area (Å²) in [4.78, 5) is 39.6. The number of nitrogens with zero attached hydrogens (tertiary/aromatic N) is 3. The van der Waals surface area contributed by atoms with Crippen molar-refractivity contribution in [2.75, 3.05) is 24.8 Å². The summed E-state index contributed by atoms with van der Waals surface area (Å²) in [5.41, 5.74) is 2.14. The molecule has 0 spiro atoms. The number of thioether (sulfide) groups is 1. The predicted molar refractivity (Wildman–Crippen MR) is 160 cm³/mol. The second-order valence-electron chi connectivity index (χ2n) is 10.9. The molecule has 0 fully saturated rings. The maximum Gasteiger partial charge on any atom is 0.341 e. The van der Waals surface area contributed by atoms with Gasteiger partial charge in [0.25, 0.3) is 5.91 Å². The van der Waals surface area contributed by atoms with E-state index in [1.165, 1.54) is 23.1 Å². The van der Waals surface area contributed by atoms with Crippen LogP contribution in [-0.4, -0.2) is 52.0 Å². The number of rotatable bonds is 10. The number of thiophene rings is 1. The molecule has 2 N–H and O–H groups in total. The number of methoxy groups -OCH3 is 1. The molecule has 10 nitrogen and oxygen atoms in total. The molecule has 2 aromatic heterocycles. The number of ether oxygens (including phenoxy) is 2. The van der Waals surface area contributed by atoms with Gasteiger partial charge >= 0.3 is 5.97 Å². The smallest absolute Gasteiger partial charge is 0.341 e. The number of esters is 1. The van der Waals surface area contributed by atoms with Crippen LogP contribution in [0.1, 0.15) is 71.1 Å². The number of hydrogen-bond donors (Lipinski definition) is 2. The van der Waals surface area contributed by atoms with Crippen molar-refractivity contribution < 1.29 is 23.9 Å². The van der Waals surface area contributed by atoms with Gasteiger partial charge in [0.1, 0.15) is 10.8 Å². The van der Waals surface area contributed by atoms with Gasteiger partial charge in [0.2, 0.25) is 5.91 Å². The van der Waals surface area contributed by atoms with Gasteiger partial charge in [-0.1, -0.05) is 38.6 Å². The van der Waals surface area contributed by atoms with E-state index in [0.717, 1.165) is 29.7 Å². The normalized spacial score (nSPS) is 14.7. The summed E-state index contributed by atoms with van der Waals surface area (Å²) >= 11 is 2.71. The van der Waals surface area contributed by atoms with E-state index in [1.54, 1.807) is 49.9 Å². The van der Waals surface area contributed by atoms with E-state index in [4.69, 9.17) is 9.47 Å². The molecular formula is C29H37N5O5S2. The van der Waals surface area contributed by atoms with Crippen LogP contribution in [0.4, 0.5) is 5.00 Å². The van der Waals surface area contributed by atoms with Gasteiger partial charge in [-0.05, 0) is 61.3 Å². The summed E-state index contributed by atoms with van der Waals surface area (Å²) in [6.45, 7) is 8.96. The van der Waals surface area contributed by atoms with Crippen LogP contribution in [-0.2, 0) is 36.0 Å². The van der Waals surface area contributed by atoms with E-state index in [1.807, 2.05) is 0 Å². The van der Waals surface area contributed by atoms with Crippen LogP contribution in [0.2, 0.25) is 0 Å². The van der Waals surface area contributed by atoms with Gasteiger partial charge in [-0.25, -0.2) is 4.79 Å². The van der Waals surface area contributed by atoms with Crippen LogP contribution < -0.4 is 15.4 Å². The molecule has 1 atom stereocenters. The molecule has 3 aromatic rings. The Labute approximate surface area is 248 Å². The van der Waals surface area contributed by atoms with Crippen molar-refractivity contribution in [3.05, 3.63) is 51.7 Å². The molecule has 12 heteroatoms. The maximum atomic E-state index is 13.0. The average molecular weight is 600 g/mol. The summed E-state index contributed by atoms with van der Waals surface area (Å²) in [5, 5.41) is 15.2. The minimum absolute atomic E-state index is 0.0809. The van der Waals surface area contributed by atoms with E-state index in [0.29, 0.717) is 38.8 Å². The third-order valence-corrected chi connectivity index (χ3v) is 9.41. The van der Waals surface area contributed by atoms with Crippen molar-refractivity contribution in [1.82, 2.24) is 20.1 Å². The van der Waals surface area contributed by atoms with Crippen molar-refractivity contribution >= 4 is 45.9 Å². The zero-order valence-corrected chi connectivity index (χ0v) is 26.0. The van der Waals surface area contributed by atoms with Gasteiger partial charge in [-0.2, -0.15) is 0 Å². The largest absolute Gasteiger partial charge is 0.497 e. The van der Waals surface area contributed by atoms with E-state index >= 15 is 0 Å². The van der Waals surface area contributed by atoms with Crippen molar-refractivity contribution in [2.45, 2.75) is 58.7 Å². The third-order valence-electron chi connectivity index (χ3n) is 7.22. The number of hydrogen-bond acceptors (Lipinski definition) is 9. The van der Waals surface area contributed by atoms with E-state index in [9.17, 15) is 14.4 Å². The van der Waals surface area contributed by atoms with Gasteiger partial charge in [0.15, 0.2) is 11.0 Å². The molecule has 0 aliphatic heterocycles. The van der Waals surface area contributed by atoms with E-state index < -0.39 is 5.97 Å². The lowest BCUT2D eigenvalue weighted by atomic mass is 9.72. The van der Waals surface area contributed by atoms with Crippen LogP contribution in [0.15, 0.2) is 29.4 Å². The van der Waals surface area contributed by atoms with Gasteiger partial charge < -0.3 is 24.7 Å². The monoisotopic (exact) mass is 599 g/mol. The first kappa shape index (κ1) is 30.6. The molecule has 1 unspecified atom stereocenters. The quantitative estimate of drug-likeness (QED) is 0.250. The fraction of sp³-hybridized carbons (Fsp3) is 0.483. The van der Waals surface area contributed by atoms with Crippen molar-refractivity contribution in [3.8, 4) is 5.75 Å². The molecule has 0 saturated heterocycles. The maximum absolute atomic E-state index is 13.0. The second kappa shape index (κ2) is 13.1. The highest BCUT2D eigenvalue weighted by Gasteiger charge is 2.34. The highest BCUT2D eigenvalue weighted by atomic mass is 32.2. The van der Waals surface area contributed by atoms with Crippen molar-refractivity contribution in [3.63, 3.8) is 0 Å². The van der Waals surface area contributed by atoms with Crippen LogP contribution >= 0.6 is 23.1 Å². The van der Waals surface area contributed by atoms with E-state index in [-0.39, 0.29) is 36.1 Å². The summed E-state index contributed by atoms with van der Waals surface area (Å²) < 4.78 is 12.3. The van der Waals surface area contributed by atoms with Crippen LogP contribution in [0.5, 0.6) is 5.75 Å². The summed E-state index contributed by atoms with van der Waals surface area (Å²) in [5.74, 6) is 0.835. The lowest BCUT2D eigenvalue weighted by Gasteiger charge is -2.33. The number of amides is 2. The van der Waals surface area contributed by atoms with Crippen LogP contribution in [0.3, 0.4) is 0 Å². The molecule has 2 amide bonds. The lowest BCUT2D eigenvalue weighted by Crippen LogP contribution is -2.26. The minimum Gasteiger partial charge on any atom is -0.497 e. The van der Waals surface area contributed by atoms with Crippen molar-refractivity contribution in [1.29, 1.82) is 0 Å². The Morgan fingerprint density at radius 2 is 2.00 bits per heavy atom. The fourth-order valence-corrected chi connectivity index (χ4v) is 6.84. The number of fused-ring (bicyclic) bond motifs is 1. The Kier molecular flexibility index (Phi) is 9.75. The topological polar surface area (TPSA) is 124 Å². The van der Waals surface area contributed by atoms with Gasteiger partial charge in [-0.15, -0.1) is 21.5 Å². The van der Waals surface area contributed by atoms with Crippen LogP contribution in [0, 0.1) is 11.3 Å². The first-order chi connectivity index (χ1) is 19.5. The molecule has 1 aliphatic carbocycles. The molecule has 0 radical (unpaired) electrons. The SMILES string of the molecule is CCOC(=O)c1c(NC(=O)CSc2nnc(CNC(=O)c3cccc(OC)c3)n2C)sc2c1CCC(C(C)(C)C)C2. The average Bonchev–Trinajstić information content (AvgIpc) is 3.48. The Hall–Kier alpha value is -3.38. The first-order valence-electron chi connectivity index (χ1n) is 13.6. The number of carbonyl (C=O) groups excluding carboxylic acids is 3. The zero-order valence-electron chi connectivity index (χ0n) is 24.3. The predicted octanol–water partition coefficient (Wildman–Crippen LogP) is 4.87. The molecule has 1 aromatic carbocycles. The highest BCUT2D eigenvalue weighted by molar-refractivity contribution is 7.99. The number of aromatic nitrogens is 3. The molecule has 41 heavy (non-hydrogen) atoms. The van der Waals surface area contributed by atoms with Crippen molar-refractivity contribution in [2.24, 2.45) is 18.4 Å². The molecule has 0 saturated carbocycles. The third kappa shape index (κ3) is 7.28. The van der Waals surface area contributed by atoms with Gasteiger partial charge in [0, 0.05) is 17.5 Å². The second-order valence-corrected chi connectivity index (χ2v) is 13.0. The number of carbonyl (C=O) groups is 3.